The van der Waals surface area contributed by atoms with Gasteiger partial charge in [-0.2, -0.15) is 0 Å². The molecule has 2 N–H and O–H groups in total. The predicted molar refractivity (Wildman–Crippen MR) is 74.8 cm³/mol. The lowest BCUT2D eigenvalue weighted by Crippen LogP contribution is -2.52. The standard InChI is InChI=1S/C12H18ClN3OS/c1-9(12(14)17)16-6-4-15(5-7-16)8-10-2-3-11(13)18-10/h2-3,9H,4-8H2,1H3,(H2,14,17)/t9-/m1/s1. The van der Waals surface area contributed by atoms with Gasteiger partial charge in [0, 0.05) is 37.6 Å². The van der Waals surface area contributed by atoms with Crippen LogP contribution in [0.15, 0.2) is 12.1 Å². The van der Waals surface area contributed by atoms with E-state index in [4.69, 9.17) is 17.3 Å². The van der Waals surface area contributed by atoms with Crippen molar-refractivity contribution < 1.29 is 4.79 Å². The fourth-order valence-corrected chi connectivity index (χ4v) is 3.28. The van der Waals surface area contributed by atoms with Crippen LogP contribution in [0.2, 0.25) is 4.34 Å². The number of amides is 1. The van der Waals surface area contributed by atoms with Crippen molar-refractivity contribution in [2.45, 2.75) is 19.5 Å². The van der Waals surface area contributed by atoms with Crippen LogP contribution in [0.3, 0.4) is 0 Å². The maximum absolute atomic E-state index is 11.1. The quantitative estimate of drug-likeness (QED) is 0.910. The third-order valence-electron chi connectivity index (χ3n) is 3.37. The second-order valence-electron chi connectivity index (χ2n) is 4.60. The molecule has 6 heteroatoms. The van der Waals surface area contributed by atoms with E-state index in [9.17, 15) is 4.79 Å². The van der Waals surface area contributed by atoms with Gasteiger partial charge in [0.1, 0.15) is 0 Å². The maximum Gasteiger partial charge on any atom is 0.234 e. The van der Waals surface area contributed by atoms with Crippen molar-refractivity contribution in [1.29, 1.82) is 0 Å². The van der Waals surface area contributed by atoms with Crippen LogP contribution in [-0.4, -0.2) is 47.9 Å². The second-order valence-corrected chi connectivity index (χ2v) is 6.40. The molecule has 1 aliphatic rings. The Labute approximate surface area is 116 Å². The van der Waals surface area contributed by atoms with Crippen molar-refractivity contribution in [1.82, 2.24) is 9.80 Å². The molecule has 0 aliphatic carbocycles. The molecule has 0 saturated carbocycles. The third kappa shape index (κ3) is 3.45. The van der Waals surface area contributed by atoms with Crippen molar-refractivity contribution in [3.63, 3.8) is 0 Å². The molecule has 1 saturated heterocycles. The van der Waals surface area contributed by atoms with E-state index in [-0.39, 0.29) is 11.9 Å². The molecule has 2 rings (SSSR count). The topological polar surface area (TPSA) is 49.6 Å². The summed E-state index contributed by atoms with van der Waals surface area (Å²) in [5.74, 6) is -0.242. The van der Waals surface area contributed by atoms with Gasteiger partial charge in [0.15, 0.2) is 0 Å². The van der Waals surface area contributed by atoms with Crippen molar-refractivity contribution in [2.24, 2.45) is 5.73 Å². The van der Waals surface area contributed by atoms with Crippen LogP contribution in [0, 0.1) is 0 Å². The van der Waals surface area contributed by atoms with E-state index < -0.39 is 0 Å². The van der Waals surface area contributed by atoms with Gasteiger partial charge < -0.3 is 5.73 Å². The lowest BCUT2D eigenvalue weighted by atomic mass is 10.2. The number of carbonyl (C=O) groups excluding carboxylic acids is 1. The molecule has 0 aromatic carbocycles. The lowest BCUT2D eigenvalue weighted by Gasteiger charge is -2.36. The van der Waals surface area contributed by atoms with Crippen molar-refractivity contribution in [2.75, 3.05) is 26.2 Å². The van der Waals surface area contributed by atoms with Crippen molar-refractivity contribution in [3.05, 3.63) is 21.3 Å². The number of piperazine rings is 1. The Bertz CT molecular complexity index is 415. The van der Waals surface area contributed by atoms with Gasteiger partial charge in [0.25, 0.3) is 0 Å². The van der Waals surface area contributed by atoms with E-state index in [1.807, 2.05) is 13.0 Å². The Hall–Kier alpha value is -0.620. The number of hydrogen-bond donors (Lipinski definition) is 1. The van der Waals surface area contributed by atoms with Gasteiger partial charge >= 0.3 is 0 Å². The zero-order chi connectivity index (χ0) is 13.1. The molecule has 0 spiro atoms. The molecule has 0 radical (unpaired) electrons. The molecule has 4 nitrogen and oxygen atoms in total. The van der Waals surface area contributed by atoms with Gasteiger partial charge in [-0.3, -0.25) is 14.6 Å². The highest BCUT2D eigenvalue weighted by molar-refractivity contribution is 7.16. The number of primary amides is 1. The molecule has 1 fully saturated rings. The molecule has 2 heterocycles. The molecule has 0 unspecified atom stereocenters. The Balaban J connectivity index is 1.81. The first-order valence-electron chi connectivity index (χ1n) is 6.06. The summed E-state index contributed by atoms with van der Waals surface area (Å²) in [5, 5.41) is 0. The average Bonchev–Trinajstić information content (AvgIpc) is 2.75. The molecular formula is C12H18ClN3OS. The van der Waals surface area contributed by atoms with Crippen LogP contribution in [0.1, 0.15) is 11.8 Å². The zero-order valence-corrected chi connectivity index (χ0v) is 12.0. The summed E-state index contributed by atoms with van der Waals surface area (Å²) >= 11 is 7.55. The predicted octanol–water partition coefficient (Wildman–Crippen LogP) is 1.39. The van der Waals surface area contributed by atoms with Crippen LogP contribution in [0.25, 0.3) is 0 Å². The van der Waals surface area contributed by atoms with E-state index in [1.54, 1.807) is 11.3 Å². The fraction of sp³-hybridized carbons (Fsp3) is 0.583. The average molecular weight is 288 g/mol. The number of carbonyl (C=O) groups is 1. The Morgan fingerprint density at radius 1 is 1.44 bits per heavy atom. The smallest absolute Gasteiger partial charge is 0.234 e. The molecule has 1 aromatic rings. The number of halogens is 1. The van der Waals surface area contributed by atoms with E-state index in [0.29, 0.717) is 0 Å². The number of nitrogens with zero attached hydrogens (tertiary/aromatic N) is 2. The zero-order valence-electron chi connectivity index (χ0n) is 10.4. The summed E-state index contributed by atoms with van der Waals surface area (Å²) in [7, 11) is 0. The number of nitrogens with two attached hydrogens (primary N) is 1. The first-order valence-corrected chi connectivity index (χ1v) is 7.25. The number of rotatable bonds is 4. The number of thiophene rings is 1. The van der Waals surface area contributed by atoms with Crippen LogP contribution in [-0.2, 0) is 11.3 Å². The first-order chi connectivity index (χ1) is 8.56. The highest BCUT2D eigenvalue weighted by Gasteiger charge is 2.24. The summed E-state index contributed by atoms with van der Waals surface area (Å²) in [6.07, 6.45) is 0. The van der Waals surface area contributed by atoms with Gasteiger partial charge in [-0.25, -0.2) is 0 Å². The summed E-state index contributed by atoms with van der Waals surface area (Å²) < 4.78 is 0.839. The highest BCUT2D eigenvalue weighted by atomic mass is 35.5. The third-order valence-corrected chi connectivity index (χ3v) is 4.59. The van der Waals surface area contributed by atoms with Gasteiger partial charge in [-0.1, -0.05) is 11.6 Å². The minimum Gasteiger partial charge on any atom is -0.368 e. The monoisotopic (exact) mass is 287 g/mol. The normalized spacial score (nSPS) is 19.9. The SMILES string of the molecule is C[C@H](C(N)=O)N1CCN(Cc2ccc(Cl)s2)CC1. The lowest BCUT2D eigenvalue weighted by molar-refractivity contribution is -0.123. The molecule has 1 amide bonds. The molecule has 100 valence electrons. The Kier molecular flexibility index (Phi) is 4.61. The summed E-state index contributed by atoms with van der Waals surface area (Å²) in [5.41, 5.74) is 5.32. The van der Waals surface area contributed by atoms with Gasteiger partial charge in [0.05, 0.1) is 10.4 Å². The van der Waals surface area contributed by atoms with Gasteiger partial charge in [0.2, 0.25) is 5.91 Å². The van der Waals surface area contributed by atoms with Crippen LogP contribution in [0.5, 0.6) is 0 Å². The van der Waals surface area contributed by atoms with Crippen LogP contribution in [0.4, 0.5) is 0 Å². The molecule has 1 aromatic heterocycles. The Morgan fingerprint density at radius 3 is 2.61 bits per heavy atom. The largest absolute Gasteiger partial charge is 0.368 e. The van der Waals surface area contributed by atoms with Crippen LogP contribution >= 0.6 is 22.9 Å². The molecular weight excluding hydrogens is 270 g/mol. The highest BCUT2D eigenvalue weighted by Crippen LogP contribution is 2.23. The summed E-state index contributed by atoms with van der Waals surface area (Å²) in [6.45, 7) is 6.53. The molecule has 1 atom stereocenters. The van der Waals surface area contributed by atoms with E-state index in [1.165, 1.54) is 4.88 Å². The fourth-order valence-electron chi connectivity index (χ4n) is 2.15. The molecule has 0 bridgehead atoms. The first kappa shape index (κ1) is 13.8. The van der Waals surface area contributed by atoms with Gasteiger partial charge in [-0.05, 0) is 19.1 Å². The minimum absolute atomic E-state index is 0.164. The van der Waals surface area contributed by atoms with E-state index in [0.717, 1.165) is 37.1 Å². The molecule has 1 aliphatic heterocycles. The summed E-state index contributed by atoms with van der Waals surface area (Å²) in [6, 6.07) is 3.85. The van der Waals surface area contributed by atoms with Crippen LogP contribution < -0.4 is 5.73 Å². The van der Waals surface area contributed by atoms with Crippen molar-refractivity contribution in [3.8, 4) is 0 Å². The second kappa shape index (κ2) is 6.02. The van der Waals surface area contributed by atoms with E-state index in [2.05, 4.69) is 15.9 Å². The molecule has 18 heavy (non-hydrogen) atoms. The van der Waals surface area contributed by atoms with Crippen molar-refractivity contribution >= 4 is 28.8 Å². The Morgan fingerprint density at radius 2 is 2.11 bits per heavy atom. The van der Waals surface area contributed by atoms with E-state index >= 15 is 0 Å². The minimum atomic E-state index is -0.242. The maximum atomic E-state index is 11.1. The summed E-state index contributed by atoms with van der Waals surface area (Å²) in [4.78, 5) is 16.9. The number of hydrogen-bond acceptors (Lipinski definition) is 4. The van der Waals surface area contributed by atoms with Gasteiger partial charge in [-0.15, -0.1) is 11.3 Å².